The number of rotatable bonds is 8. The van der Waals surface area contributed by atoms with E-state index in [-0.39, 0.29) is 5.78 Å². The fourth-order valence-corrected chi connectivity index (χ4v) is 0.977. The molecule has 0 aromatic rings. The molecular formula is C10H18O3. The molecule has 0 amide bonds. The monoisotopic (exact) mass is 186 g/mol. The van der Waals surface area contributed by atoms with Crippen LogP contribution in [0.1, 0.15) is 33.1 Å². The molecular weight excluding hydrogens is 168 g/mol. The van der Waals surface area contributed by atoms with Crippen LogP contribution in [-0.4, -0.2) is 25.3 Å². The van der Waals surface area contributed by atoms with Gasteiger partial charge in [-0.1, -0.05) is 13.8 Å². The van der Waals surface area contributed by atoms with Crippen LogP contribution in [0.5, 0.6) is 0 Å². The maximum absolute atomic E-state index is 11.1. The quantitative estimate of drug-likeness (QED) is 0.427. The van der Waals surface area contributed by atoms with E-state index in [1.807, 2.05) is 13.8 Å². The Kier molecular flexibility index (Phi) is 7.50. The average Bonchev–Trinajstić information content (AvgIpc) is 2.02. The maximum atomic E-state index is 11.1. The van der Waals surface area contributed by atoms with Gasteiger partial charge in [0, 0.05) is 19.3 Å². The summed E-state index contributed by atoms with van der Waals surface area (Å²) in [4.78, 5) is 21.0. The molecule has 3 nitrogen and oxygen atoms in total. The molecule has 0 aliphatic carbocycles. The van der Waals surface area contributed by atoms with E-state index in [4.69, 9.17) is 4.74 Å². The van der Waals surface area contributed by atoms with Crippen molar-refractivity contribution in [2.75, 3.05) is 13.2 Å². The molecule has 0 fully saturated rings. The van der Waals surface area contributed by atoms with Crippen molar-refractivity contribution < 1.29 is 14.3 Å². The predicted octanol–water partition coefficient (Wildman–Crippen LogP) is 1.60. The molecule has 0 aliphatic rings. The Balaban J connectivity index is 3.22. The summed E-state index contributed by atoms with van der Waals surface area (Å²) in [7, 11) is 0. The third-order valence-corrected chi connectivity index (χ3v) is 1.54. The van der Waals surface area contributed by atoms with Gasteiger partial charge in [0.25, 0.3) is 0 Å². The zero-order chi connectivity index (χ0) is 10.1. The second-order valence-electron chi connectivity index (χ2n) is 3.45. The van der Waals surface area contributed by atoms with Crippen LogP contribution < -0.4 is 0 Å². The van der Waals surface area contributed by atoms with Crippen LogP contribution in [0, 0.1) is 5.92 Å². The van der Waals surface area contributed by atoms with Crippen LogP contribution in [0.25, 0.3) is 0 Å². The average molecular weight is 186 g/mol. The number of ether oxygens (including phenoxy) is 1. The number of hydrogen-bond acceptors (Lipinski definition) is 3. The maximum Gasteiger partial charge on any atom is 0.135 e. The lowest BCUT2D eigenvalue weighted by Crippen LogP contribution is -2.07. The summed E-state index contributed by atoms with van der Waals surface area (Å²) in [5.74, 6) is 0.656. The minimum absolute atomic E-state index is 0.237. The summed E-state index contributed by atoms with van der Waals surface area (Å²) < 4.78 is 5.07. The van der Waals surface area contributed by atoms with Gasteiger partial charge >= 0.3 is 0 Å². The van der Waals surface area contributed by atoms with Gasteiger partial charge in [-0.05, 0) is 5.92 Å². The second kappa shape index (κ2) is 7.92. The van der Waals surface area contributed by atoms with Gasteiger partial charge in [-0.3, -0.25) is 4.79 Å². The Morgan fingerprint density at radius 1 is 1.38 bits per heavy atom. The normalized spacial score (nSPS) is 10.4. The van der Waals surface area contributed by atoms with E-state index in [2.05, 4.69) is 0 Å². The molecule has 3 heteroatoms. The fraction of sp³-hybridized carbons (Fsp3) is 0.800. The SMILES string of the molecule is CC(C)CC(=O)CCOCCC=O. The van der Waals surface area contributed by atoms with Crippen molar-refractivity contribution in [3.05, 3.63) is 0 Å². The van der Waals surface area contributed by atoms with Gasteiger partial charge in [0.05, 0.1) is 13.2 Å². The van der Waals surface area contributed by atoms with Crippen LogP contribution in [0.3, 0.4) is 0 Å². The van der Waals surface area contributed by atoms with E-state index in [1.54, 1.807) is 0 Å². The first-order chi connectivity index (χ1) is 6.16. The first-order valence-electron chi connectivity index (χ1n) is 4.70. The lowest BCUT2D eigenvalue weighted by Gasteiger charge is -2.03. The van der Waals surface area contributed by atoms with Gasteiger partial charge < -0.3 is 9.53 Å². The summed E-state index contributed by atoms with van der Waals surface area (Å²) in [6, 6.07) is 0. The number of hydrogen-bond donors (Lipinski definition) is 0. The molecule has 0 spiro atoms. The Bertz CT molecular complexity index is 152. The highest BCUT2D eigenvalue weighted by Crippen LogP contribution is 2.02. The number of carbonyl (C=O) groups is 2. The molecule has 0 N–H and O–H groups in total. The van der Waals surface area contributed by atoms with Crippen LogP contribution in [-0.2, 0) is 14.3 Å². The third-order valence-electron chi connectivity index (χ3n) is 1.54. The van der Waals surface area contributed by atoms with Crippen molar-refractivity contribution in [2.45, 2.75) is 33.1 Å². The molecule has 0 atom stereocenters. The highest BCUT2D eigenvalue weighted by molar-refractivity contribution is 5.78. The highest BCUT2D eigenvalue weighted by atomic mass is 16.5. The Hall–Kier alpha value is -0.700. The van der Waals surface area contributed by atoms with E-state index < -0.39 is 0 Å². The molecule has 13 heavy (non-hydrogen) atoms. The summed E-state index contributed by atoms with van der Waals surface area (Å²) in [6.45, 7) is 4.91. The minimum Gasteiger partial charge on any atom is -0.381 e. The van der Waals surface area contributed by atoms with Gasteiger partial charge in [-0.25, -0.2) is 0 Å². The fourth-order valence-electron chi connectivity index (χ4n) is 0.977. The molecule has 0 aromatic carbocycles. The number of carbonyl (C=O) groups excluding carboxylic acids is 2. The standard InChI is InChI=1S/C10H18O3/c1-9(2)8-10(12)4-7-13-6-3-5-11/h5,9H,3-4,6-8H2,1-2H3. The minimum atomic E-state index is 0.237. The van der Waals surface area contributed by atoms with E-state index in [0.29, 0.717) is 38.4 Å². The van der Waals surface area contributed by atoms with Crippen molar-refractivity contribution in [1.29, 1.82) is 0 Å². The first-order valence-corrected chi connectivity index (χ1v) is 4.70. The lowest BCUT2D eigenvalue weighted by atomic mass is 10.1. The van der Waals surface area contributed by atoms with Crippen molar-refractivity contribution in [3.63, 3.8) is 0 Å². The number of ketones is 1. The lowest BCUT2D eigenvalue weighted by molar-refractivity contribution is -0.120. The van der Waals surface area contributed by atoms with E-state index in [1.165, 1.54) is 0 Å². The van der Waals surface area contributed by atoms with Crippen LogP contribution in [0.4, 0.5) is 0 Å². The molecule has 0 rings (SSSR count). The topological polar surface area (TPSA) is 43.4 Å². The van der Waals surface area contributed by atoms with Crippen molar-refractivity contribution in [3.8, 4) is 0 Å². The summed E-state index contributed by atoms with van der Waals surface area (Å²) >= 11 is 0. The molecule has 0 radical (unpaired) electrons. The summed E-state index contributed by atoms with van der Waals surface area (Å²) in [5.41, 5.74) is 0. The van der Waals surface area contributed by atoms with Crippen molar-refractivity contribution in [1.82, 2.24) is 0 Å². The molecule has 0 heterocycles. The Morgan fingerprint density at radius 3 is 2.62 bits per heavy atom. The van der Waals surface area contributed by atoms with Crippen LogP contribution >= 0.6 is 0 Å². The largest absolute Gasteiger partial charge is 0.381 e. The smallest absolute Gasteiger partial charge is 0.135 e. The molecule has 0 bridgehead atoms. The van der Waals surface area contributed by atoms with Crippen molar-refractivity contribution in [2.24, 2.45) is 5.92 Å². The van der Waals surface area contributed by atoms with Crippen molar-refractivity contribution >= 4 is 12.1 Å². The molecule has 0 unspecified atom stereocenters. The third kappa shape index (κ3) is 9.21. The predicted molar refractivity (Wildman–Crippen MR) is 50.6 cm³/mol. The zero-order valence-corrected chi connectivity index (χ0v) is 8.41. The van der Waals surface area contributed by atoms with Gasteiger partial charge in [0.1, 0.15) is 12.1 Å². The molecule has 0 saturated heterocycles. The summed E-state index contributed by atoms with van der Waals surface area (Å²) in [6.07, 6.45) is 2.32. The molecule has 0 saturated carbocycles. The van der Waals surface area contributed by atoms with Gasteiger partial charge in [0.2, 0.25) is 0 Å². The molecule has 0 aromatic heterocycles. The highest BCUT2D eigenvalue weighted by Gasteiger charge is 2.04. The second-order valence-corrected chi connectivity index (χ2v) is 3.45. The molecule has 0 aliphatic heterocycles. The van der Waals surface area contributed by atoms with Gasteiger partial charge in [-0.2, -0.15) is 0 Å². The number of aldehydes is 1. The van der Waals surface area contributed by atoms with E-state index in [9.17, 15) is 9.59 Å². The first kappa shape index (κ1) is 12.3. The Morgan fingerprint density at radius 2 is 2.08 bits per heavy atom. The van der Waals surface area contributed by atoms with Gasteiger partial charge in [-0.15, -0.1) is 0 Å². The zero-order valence-electron chi connectivity index (χ0n) is 8.41. The van der Waals surface area contributed by atoms with Gasteiger partial charge in [0.15, 0.2) is 0 Å². The molecule has 76 valence electrons. The summed E-state index contributed by atoms with van der Waals surface area (Å²) in [5, 5.41) is 0. The van der Waals surface area contributed by atoms with Crippen LogP contribution in [0.2, 0.25) is 0 Å². The van der Waals surface area contributed by atoms with E-state index in [0.717, 1.165) is 6.29 Å². The Labute approximate surface area is 79.5 Å². The number of Topliss-reactive ketones (excluding diaryl/α,β-unsaturated/α-hetero) is 1. The van der Waals surface area contributed by atoms with E-state index >= 15 is 0 Å². The van der Waals surface area contributed by atoms with Crippen LogP contribution in [0.15, 0.2) is 0 Å².